The fourth-order valence-electron chi connectivity index (χ4n) is 3.31. The SMILES string of the molecule is CCCCC(=O)OCC(C(=O)O)c1ccccc1.CNC1CCCCCCC1. The van der Waals surface area contributed by atoms with Gasteiger partial charge in [0, 0.05) is 12.5 Å². The lowest BCUT2D eigenvalue weighted by Gasteiger charge is -2.18. The topological polar surface area (TPSA) is 75.6 Å². The van der Waals surface area contributed by atoms with Crippen molar-refractivity contribution in [3.8, 4) is 0 Å². The average molecular weight is 392 g/mol. The number of carbonyl (C=O) groups excluding carboxylic acids is 1. The molecule has 1 atom stereocenters. The summed E-state index contributed by atoms with van der Waals surface area (Å²) in [5, 5.41) is 12.5. The largest absolute Gasteiger partial charge is 0.481 e. The van der Waals surface area contributed by atoms with E-state index < -0.39 is 11.9 Å². The molecular formula is C23H37NO4. The summed E-state index contributed by atoms with van der Waals surface area (Å²) in [5.41, 5.74) is 0.647. The molecule has 1 unspecified atom stereocenters. The standard InChI is InChI=1S/C14H18O4.C9H19N/c1-2-3-9-13(15)18-10-12(14(16)17)11-7-5-4-6-8-11;1-10-9-7-5-3-2-4-6-8-9/h4-8,12H,2-3,9-10H2,1H3,(H,16,17);9-10H,2-8H2,1H3. The molecule has 0 heterocycles. The molecule has 1 aliphatic carbocycles. The van der Waals surface area contributed by atoms with E-state index in [0.717, 1.165) is 18.9 Å². The zero-order valence-electron chi connectivity index (χ0n) is 17.5. The first-order valence-corrected chi connectivity index (χ1v) is 10.7. The summed E-state index contributed by atoms with van der Waals surface area (Å²) in [4.78, 5) is 22.5. The highest BCUT2D eigenvalue weighted by atomic mass is 16.5. The number of nitrogens with one attached hydrogen (secondary N) is 1. The van der Waals surface area contributed by atoms with Gasteiger partial charge in [0.05, 0.1) is 0 Å². The Morgan fingerprint density at radius 1 is 1.11 bits per heavy atom. The van der Waals surface area contributed by atoms with E-state index in [9.17, 15) is 9.59 Å². The van der Waals surface area contributed by atoms with Crippen LogP contribution in [0.25, 0.3) is 0 Å². The maximum absolute atomic E-state index is 11.3. The second-order valence-corrected chi connectivity index (χ2v) is 7.42. The molecule has 1 saturated carbocycles. The second kappa shape index (κ2) is 15.1. The fourth-order valence-corrected chi connectivity index (χ4v) is 3.31. The molecule has 1 fully saturated rings. The number of ether oxygens (including phenoxy) is 1. The number of carboxylic acid groups (broad SMARTS) is 1. The van der Waals surface area contributed by atoms with E-state index in [1.807, 2.05) is 13.0 Å². The predicted molar refractivity (Wildman–Crippen MR) is 112 cm³/mol. The zero-order valence-corrected chi connectivity index (χ0v) is 17.5. The number of carboxylic acids is 1. The molecule has 28 heavy (non-hydrogen) atoms. The molecule has 5 nitrogen and oxygen atoms in total. The molecule has 0 saturated heterocycles. The van der Waals surface area contributed by atoms with Gasteiger partial charge in [0.15, 0.2) is 0 Å². The smallest absolute Gasteiger partial charge is 0.314 e. The van der Waals surface area contributed by atoms with Gasteiger partial charge < -0.3 is 15.2 Å². The Balaban J connectivity index is 0.000000330. The summed E-state index contributed by atoms with van der Waals surface area (Å²) < 4.78 is 5.00. The number of hydrogen-bond donors (Lipinski definition) is 2. The molecule has 1 aromatic rings. The van der Waals surface area contributed by atoms with Gasteiger partial charge in [-0.15, -0.1) is 0 Å². The summed E-state index contributed by atoms with van der Waals surface area (Å²) in [7, 11) is 2.09. The number of esters is 1. The molecule has 0 bridgehead atoms. The predicted octanol–water partition coefficient (Wildman–Crippen LogP) is 4.91. The van der Waals surface area contributed by atoms with E-state index in [1.54, 1.807) is 24.3 Å². The van der Waals surface area contributed by atoms with Crippen LogP contribution in [0.2, 0.25) is 0 Å². The molecule has 5 heteroatoms. The first-order valence-electron chi connectivity index (χ1n) is 10.7. The first-order chi connectivity index (χ1) is 13.6. The molecule has 1 aromatic carbocycles. The maximum Gasteiger partial charge on any atom is 0.314 e. The molecule has 2 rings (SSSR count). The van der Waals surface area contributed by atoms with E-state index in [-0.39, 0.29) is 12.6 Å². The lowest BCUT2D eigenvalue weighted by molar-refractivity contribution is -0.148. The van der Waals surface area contributed by atoms with Crippen molar-refractivity contribution in [1.29, 1.82) is 0 Å². The van der Waals surface area contributed by atoms with Crippen LogP contribution < -0.4 is 5.32 Å². The van der Waals surface area contributed by atoms with E-state index >= 15 is 0 Å². The minimum absolute atomic E-state index is 0.109. The second-order valence-electron chi connectivity index (χ2n) is 7.42. The van der Waals surface area contributed by atoms with Gasteiger partial charge in [-0.05, 0) is 31.9 Å². The quantitative estimate of drug-likeness (QED) is 0.616. The van der Waals surface area contributed by atoms with Gasteiger partial charge >= 0.3 is 11.9 Å². The van der Waals surface area contributed by atoms with Crippen LogP contribution >= 0.6 is 0 Å². The van der Waals surface area contributed by atoms with Crippen LogP contribution in [0.5, 0.6) is 0 Å². The molecule has 0 spiro atoms. The van der Waals surface area contributed by atoms with E-state index in [4.69, 9.17) is 9.84 Å². The zero-order chi connectivity index (χ0) is 20.6. The third kappa shape index (κ3) is 10.5. The molecule has 1 aliphatic rings. The van der Waals surface area contributed by atoms with Crippen molar-refractivity contribution in [2.75, 3.05) is 13.7 Å². The lowest BCUT2D eigenvalue weighted by atomic mass is 9.97. The van der Waals surface area contributed by atoms with Crippen molar-refractivity contribution in [2.24, 2.45) is 0 Å². The summed E-state index contributed by atoms with van der Waals surface area (Å²) >= 11 is 0. The van der Waals surface area contributed by atoms with Crippen LogP contribution in [-0.4, -0.2) is 36.7 Å². The van der Waals surface area contributed by atoms with Crippen LogP contribution in [0.1, 0.15) is 82.6 Å². The summed E-state index contributed by atoms with van der Waals surface area (Å²) in [6.45, 7) is 1.87. The lowest BCUT2D eigenvalue weighted by Crippen LogP contribution is -2.25. The highest BCUT2D eigenvalue weighted by Crippen LogP contribution is 2.17. The Morgan fingerprint density at radius 2 is 1.71 bits per heavy atom. The molecule has 0 amide bonds. The van der Waals surface area contributed by atoms with E-state index in [2.05, 4.69) is 12.4 Å². The monoisotopic (exact) mass is 391 g/mol. The Morgan fingerprint density at radius 3 is 2.25 bits per heavy atom. The van der Waals surface area contributed by atoms with Crippen molar-refractivity contribution >= 4 is 11.9 Å². The van der Waals surface area contributed by atoms with Crippen LogP contribution in [-0.2, 0) is 14.3 Å². The van der Waals surface area contributed by atoms with Crippen molar-refractivity contribution in [2.45, 2.75) is 83.1 Å². The third-order valence-corrected chi connectivity index (χ3v) is 5.16. The highest BCUT2D eigenvalue weighted by Gasteiger charge is 2.21. The summed E-state index contributed by atoms with van der Waals surface area (Å²) in [6, 6.07) is 9.61. The Kier molecular flexibility index (Phi) is 13.0. The average Bonchev–Trinajstić information content (AvgIpc) is 2.67. The van der Waals surface area contributed by atoms with E-state index in [0.29, 0.717) is 12.0 Å². The normalized spacial score (nSPS) is 16.1. The fraction of sp³-hybridized carbons (Fsp3) is 0.652. The van der Waals surface area contributed by atoms with Crippen molar-refractivity contribution in [3.05, 3.63) is 35.9 Å². The third-order valence-electron chi connectivity index (χ3n) is 5.16. The summed E-state index contributed by atoms with van der Waals surface area (Å²) in [6.07, 6.45) is 12.1. The minimum atomic E-state index is -0.982. The van der Waals surface area contributed by atoms with Crippen LogP contribution in [0, 0.1) is 0 Å². The molecule has 0 aliphatic heterocycles. The Bertz CT molecular complexity index is 539. The van der Waals surface area contributed by atoms with Gasteiger partial charge in [-0.2, -0.15) is 0 Å². The number of carbonyl (C=O) groups is 2. The Labute approximate surface area is 169 Å². The molecule has 2 N–H and O–H groups in total. The van der Waals surface area contributed by atoms with Gasteiger partial charge in [-0.25, -0.2) is 0 Å². The molecule has 158 valence electrons. The van der Waals surface area contributed by atoms with Crippen molar-refractivity contribution < 1.29 is 19.4 Å². The van der Waals surface area contributed by atoms with Crippen LogP contribution in [0.15, 0.2) is 30.3 Å². The number of aliphatic carboxylic acids is 1. The number of benzene rings is 1. The van der Waals surface area contributed by atoms with Crippen LogP contribution in [0.4, 0.5) is 0 Å². The van der Waals surface area contributed by atoms with Gasteiger partial charge in [0.2, 0.25) is 0 Å². The molecule has 0 radical (unpaired) electrons. The molecule has 0 aromatic heterocycles. The van der Waals surface area contributed by atoms with Gasteiger partial charge in [0.25, 0.3) is 0 Å². The number of unbranched alkanes of at least 4 members (excludes halogenated alkanes) is 1. The van der Waals surface area contributed by atoms with Crippen LogP contribution in [0.3, 0.4) is 0 Å². The van der Waals surface area contributed by atoms with E-state index in [1.165, 1.54) is 44.9 Å². The highest BCUT2D eigenvalue weighted by molar-refractivity contribution is 5.77. The number of rotatable bonds is 8. The Hall–Kier alpha value is -1.88. The molecular weight excluding hydrogens is 354 g/mol. The maximum atomic E-state index is 11.3. The van der Waals surface area contributed by atoms with Gasteiger partial charge in [0.1, 0.15) is 12.5 Å². The van der Waals surface area contributed by atoms with Gasteiger partial charge in [-0.3, -0.25) is 9.59 Å². The van der Waals surface area contributed by atoms with Crippen molar-refractivity contribution in [1.82, 2.24) is 5.32 Å². The first kappa shape index (κ1) is 24.2. The number of hydrogen-bond acceptors (Lipinski definition) is 4. The summed E-state index contributed by atoms with van der Waals surface area (Å²) in [5.74, 6) is -2.11. The van der Waals surface area contributed by atoms with Crippen molar-refractivity contribution in [3.63, 3.8) is 0 Å². The van der Waals surface area contributed by atoms with Gasteiger partial charge in [-0.1, -0.05) is 75.8 Å². The minimum Gasteiger partial charge on any atom is -0.481 e.